The fraction of sp³-hybridized carbons (Fsp3) is 0.294. The molecule has 1 atom stereocenters. The van der Waals surface area contributed by atoms with Gasteiger partial charge in [-0.05, 0) is 25.0 Å². The minimum Gasteiger partial charge on any atom is -0.387 e. The smallest absolute Gasteiger partial charge is 0.262 e. The average molecular weight is 314 g/mol. The highest BCUT2D eigenvalue weighted by atomic mass is 32.1. The molecule has 0 spiro atoms. The molecule has 22 heavy (non-hydrogen) atoms. The predicted molar refractivity (Wildman–Crippen MR) is 89.4 cm³/mol. The SMILES string of the molecule is CCc1cc2c(=O)n(CC(O)c3ccc(C)cc3)cnc2s1. The summed E-state index contributed by atoms with van der Waals surface area (Å²) in [4.78, 5) is 18.8. The van der Waals surface area contributed by atoms with E-state index in [0.717, 1.165) is 27.3 Å². The van der Waals surface area contributed by atoms with E-state index in [1.165, 1.54) is 10.9 Å². The summed E-state index contributed by atoms with van der Waals surface area (Å²) in [5.74, 6) is 0. The largest absolute Gasteiger partial charge is 0.387 e. The van der Waals surface area contributed by atoms with Crippen molar-refractivity contribution in [2.75, 3.05) is 0 Å². The van der Waals surface area contributed by atoms with Crippen LogP contribution in [0, 0.1) is 6.92 Å². The first kappa shape index (κ1) is 14.9. The lowest BCUT2D eigenvalue weighted by Gasteiger charge is -2.13. The van der Waals surface area contributed by atoms with Gasteiger partial charge >= 0.3 is 0 Å². The monoisotopic (exact) mass is 314 g/mol. The summed E-state index contributed by atoms with van der Waals surface area (Å²) >= 11 is 1.55. The third kappa shape index (κ3) is 2.82. The van der Waals surface area contributed by atoms with Crippen LogP contribution in [0.4, 0.5) is 0 Å². The Labute approximate surface area is 132 Å². The standard InChI is InChI=1S/C17H18N2O2S/c1-3-13-8-14-16(22-13)18-10-19(17(14)21)9-15(20)12-6-4-11(2)5-7-12/h4-8,10,15,20H,3,9H2,1-2H3. The van der Waals surface area contributed by atoms with Crippen LogP contribution in [0.2, 0.25) is 0 Å². The fourth-order valence-corrected chi connectivity index (χ4v) is 3.32. The summed E-state index contributed by atoms with van der Waals surface area (Å²) in [6.45, 7) is 4.27. The third-order valence-electron chi connectivity index (χ3n) is 3.75. The van der Waals surface area contributed by atoms with Crippen LogP contribution in [0.15, 0.2) is 41.5 Å². The van der Waals surface area contributed by atoms with E-state index in [9.17, 15) is 9.90 Å². The Hall–Kier alpha value is -1.98. The van der Waals surface area contributed by atoms with Gasteiger partial charge in [-0.3, -0.25) is 9.36 Å². The first-order valence-electron chi connectivity index (χ1n) is 7.31. The number of fused-ring (bicyclic) bond motifs is 1. The molecular formula is C17H18N2O2S. The number of thiophene rings is 1. The second kappa shape index (κ2) is 6.02. The number of hydrogen-bond acceptors (Lipinski definition) is 4. The third-order valence-corrected chi connectivity index (χ3v) is 4.94. The number of nitrogens with zero attached hydrogens (tertiary/aromatic N) is 2. The van der Waals surface area contributed by atoms with Crippen molar-refractivity contribution < 1.29 is 5.11 Å². The van der Waals surface area contributed by atoms with Gasteiger partial charge in [0.1, 0.15) is 4.83 Å². The molecule has 1 N–H and O–H groups in total. The predicted octanol–water partition coefficient (Wildman–Crippen LogP) is 3.06. The normalized spacial score (nSPS) is 12.7. The van der Waals surface area contributed by atoms with Gasteiger partial charge in [0.05, 0.1) is 24.4 Å². The molecule has 0 radical (unpaired) electrons. The van der Waals surface area contributed by atoms with Gasteiger partial charge in [0, 0.05) is 4.88 Å². The number of aliphatic hydroxyl groups is 1. The maximum Gasteiger partial charge on any atom is 0.262 e. The van der Waals surface area contributed by atoms with Gasteiger partial charge in [0.2, 0.25) is 0 Å². The Morgan fingerprint density at radius 2 is 2.05 bits per heavy atom. The van der Waals surface area contributed by atoms with Crippen LogP contribution in [-0.4, -0.2) is 14.7 Å². The van der Waals surface area contributed by atoms with E-state index < -0.39 is 6.10 Å². The zero-order valence-electron chi connectivity index (χ0n) is 12.6. The Bertz CT molecular complexity index is 849. The number of hydrogen-bond donors (Lipinski definition) is 1. The summed E-state index contributed by atoms with van der Waals surface area (Å²) in [5.41, 5.74) is 1.85. The molecule has 114 valence electrons. The van der Waals surface area contributed by atoms with Crippen molar-refractivity contribution >= 4 is 21.6 Å². The molecule has 5 heteroatoms. The second-order valence-corrected chi connectivity index (χ2v) is 6.53. The molecule has 0 aliphatic rings. The van der Waals surface area contributed by atoms with Crippen LogP contribution in [-0.2, 0) is 13.0 Å². The molecule has 2 heterocycles. The van der Waals surface area contributed by atoms with Gasteiger partial charge < -0.3 is 5.11 Å². The van der Waals surface area contributed by atoms with Crippen molar-refractivity contribution in [2.45, 2.75) is 32.9 Å². The number of aromatic nitrogens is 2. The maximum atomic E-state index is 12.5. The van der Waals surface area contributed by atoms with Crippen molar-refractivity contribution in [3.8, 4) is 0 Å². The van der Waals surface area contributed by atoms with Crippen LogP contribution in [0.5, 0.6) is 0 Å². The van der Waals surface area contributed by atoms with Crippen LogP contribution >= 0.6 is 11.3 Å². The number of benzene rings is 1. The van der Waals surface area contributed by atoms with E-state index in [0.29, 0.717) is 5.39 Å². The zero-order valence-corrected chi connectivity index (χ0v) is 13.4. The van der Waals surface area contributed by atoms with E-state index in [4.69, 9.17) is 0 Å². The zero-order chi connectivity index (χ0) is 15.7. The lowest BCUT2D eigenvalue weighted by Crippen LogP contribution is -2.23. The minimum atomic E-state index is -0.721. The Morgan fingerprint density at radius 3 is 2.73 bits per heavy atom. The summed E-state index contributed by atoms with van der Waals surface area (Å²) in [7, 11) is 0. The van der Waals surface area contributed by atoms with Gasteiger partial charge in [-0.2, -0.15) is 0 Å². The van der Waals surface area contributed by atoms with Crippen LogP contribution < -0.4 is 5.56 Å². The molecule has 0 amide bonds. The quantitative estimate of drug-likeness (QED) is 0.805. The first-order chi connectivity index (χ1) is 10.6. The summed E-state index contributed by atoms with van der Waals surface area (Å²) < 4.78 is 1.49. The first-order valence-corrected chi connectivity index (χ1v) is 8.12. The highest BCUT2D eigenvalue weighted by Crippen LogP contribution is 2.21. The van der Waals surface area contributed by atoms with Gasteiger partial charge in [-0.25, -0.2) is 4.98 Å². The minimum absolute atomic E-state index is 0.0906. The highest BCUT2D eigenvalue weighted by molar-refractivity contribution is 7.18. The van der Waals surface area contributed by atoms with Crippen LogP contribution in [0.3, 0.4) is 0 Å². The van der Waals surface area contributed by atoms with Crippen molar-refractivity contribution in [3.05, 3.63) is 63.0 Å². The topological polar surface area (TPSA) is 55.1 Å². The molecule has 0 fully saturated rings. The summed E-state index contributed by atoms with van der Waals surface area (Å²) in [5, 5.41) is 11.0. The fourth-order valence-electron chi connectivity index (χ4n) is 2.39. The molecule has 0 saturated heterocycles. The number of rotatable bonds is 4. The second-order valence-electron chi connectivity index (χ2n) is 5.41. The molecule has 0 saturated carbocycles. The average Bonchev–Trinajstić information content (AvgIpc) is 2.95. The van der Waals surface area contributed by atoms with Crippen molar-refractivity contribution in [3.63, 3.8) is 0 Å². The molecule has 0 aliphatic heterocycles. The lowest BCUT2D eigenvalue weighted by molar-refractivity contribution is 0.155. The molecular weight excluding hydrogens is 296 g/mol. The van der Waals surface area contributed by atoms with Crippen molar-refractivity contribution in [1.29, 1.82) is 0 Å². The van der Waals surface area contributed by atoms with Gasteiger partial charge in [0.25, 0.3) is 5.56 Å². The molecule has 1 aromatic carbocycles. The molecule has 4 nitrogen and oxygen atoms in total. The van der Waals surface area contributed by atoms with E-state index in [-0.39, 0.29) is 12.1 Å². The van der Waals surface area contributed by atoms with E-state index >= 15 is 0 Å². The van der Waals surface area contributed by atoms with Crippen LogP contribution in [0.25, 0.3) is 10.2 Å². The Balaban J connectivity index is 1.91. The Morgan fingerprint density at radius 1 is 1.32 bits per heavy atom. The Kier molecular flexibility index (Phi) is 4.09. The van der Waals surface area contributed by atoms with Crippen molar-refractivity contribution in [1.82, 2.24) is 9.55 Å². The van der Waals surface area contributed by atoms with Gasteiger partial charge in [-0.1, -0.05) is 36.8 Å². The molecule has 2 aromatic heterocycles. The summed E-state index contributed by atoms with van der Waals surface area (Å²) in [6.07, 6.45) is 1.70. The summed E-state index contributed by atoms with van der Waals surface area (Å²) in [6, 6.07) is 9.59. The highest BCUT2D eigenvalue weighted by Gasteiger charge is 2.12. The molecule has 1 unspecified atom stereocenters. The molecule has 3 rings (SSSR count). The number of aryl methyl sites for hydroxylation is 2. The van der Waals surface area contributed by atoms with Crippen molar-refractivity contribution in [2.24, 2.45) is 0 Å². The molecule has 0 aliphatic carbocycles. The van der Waals surface area contributed by atoms with E-state index in [1.807, 2.05) is 37.3 Å². The van der Waals surface area contributed by atoms with Gasteiger partial charge in [0.15, 0.2) is 0 Å². The van der Waals surface area contributed by atoms with Crippen LogP contribution in [0.1, 0.15) is 29.0 Å². The molecule has 0 bridgehead atoms. The molecule has 3 aromatic rings. The van der Waals surface area contributed by atoms with E-state index in [2.05, 4.69) is 11.9 Å². The lowest BCUT2D eigenvalue weighted by atomic mass is 10.1. The number of aliphatic hydroxyl groups excluding tert-OH is 1. The van der Waals surface area contributed by atoms with E-state index in [1.54, 1.807) is 11.3 Å². The maximum absolute atomic E-state index is 12.5. The van der Waals surface area contributed by atoms with Gasteiger partial charge in [-0.15, -0.1) is 11.3 Å².